The summed E-state index contributed by atoms with van der Waals surface area (Å²) in [6.07, 6.45) is 2.02. The lowest BCUT2D eigenvalue weighted by molar-refractivity contribution is 0.411. The molecule has 1 aromatic heterocycles. The molecular formula is C30H29N. The van der Waals surface area contributed by atoms with Gasteiger partial charge in [-0.1, -0.05) is 99.6 Å². The second kappa shape index (κ2) is 7.74. The van der Waals surface area contributed by atoms with Crippen molar-refractivity contribution >= 4 is 21.8 Å². The van der Waals surface area contributed by atoms with Gasteiger partial charge >= 0.3 is 0 Å². The van der Waals surface area contributed by atoms with Crippen LogP contribution in [-0.2, 0) is 12.8 Å². The van der Waals surface area contributed by atoms with E-state index in [-0.39, 0.29) is 0 Å². The van der Waals surface area contributed by atoms with E-state index in [0.29, 0.717) is 5.41 Å². The summed E-state index contributed by atoms with van der Waals surface area (Å²) in [6, 6.07) is 35.4. The molecule has 0 bridgehead atoms. The molecule has 1 nitrogen and oxygen atoms in total. The summed E-state index contributed by atoms with van der Waals surface area (Å²) < 4.78 is 2.43. The second-order valence-electron chi connectivity index (χ2n) is 9.74. The number of aromatic nitrogens is 1. The Balaban J connectivity index is 1.68. The van der Waals surface area contributed by atoms with Crippen LogP contribution >= 0.6 is 0 Å². The van der Waals surface area contributed by atoms with E-state index in [1.807, 2.05) is 0 Å². The number of fused-ring (bicyclic) bond motifs is 3. The Morgan fingerprint density at radius 3 is 2.13 bits per heavy atom. The van der Waals surface area contributed by atoms with Gasteiger partial charge in [0, 0.05) is 16.5 Å². The Morgan fingerprint density at radius 1 is 0.645 bits per heavy atom. The monoisotopic (exact) mass is 403 g/mol. The zero-order chi connectivity index (χ0) is 21.4. The van der Waals surface area contributed by atoms with Crippen molar-refractivity contribution in [2.45, 2.75) is 33.6 Å². The summed E-state index contributed by atoms with van der Waals surface area (Å²) >= 11 is 0. The molecule has 0 aliphatic rings. The van der Waals surface area contributed by atoms with Gasteiger partial charge in [-0.15, -0.1) is 0 Å². The number of hydrogen-bond acceptors (Lipinski definition) is 0. The normalized spacial score (nSPS) is 12.0. The van der Waals surface area contributed by atoms with Crippen LogP contribution in [0.5, 0.6) is 0 Å². The minimum atomic E-state index is 0.290. The van der Waals surface area contributed by atoms with E-state index >= 15 is 0 Å². The Bertz CT molecular complexity index is 1350. The van der Waals surface area contributed by atoms with Gasteiger partial charge in [0.05, 0.1) is 11.0 Å². The van der Waals surface area contributed by atoms with Crippen LogP contribution in [0.1, 0.15) is 37.5 Å². The third-order valence-corrected chi connectivity index (χ3v) is 5.91. The van der Waals surface area contributed by atoms with Crippen LogP contribution in [0.3, 0.4) is 0 Å². The molecule has 0 saturated carbocycles. The summed E-state index contributed by atoms with van der Waals surface area (Å²) in [6.45, 7) is 6.91. The minimum absolute atomic E-state index is 0.290. The van der Waals surface area contributed by atoms with Crippen LogP contribution in [0.4, 0.5) is 0 Å². The van der Waals surface area contributed by atoms with E-state index in [1.165, 1.54) is 44.2 Å². The smallest absolute Gasteiger partial charge is 0.0576 e. The van der Waals surface area contributed by atoms with Crippen LogP contribution in [0.2, 0.25) is 0 Å². The fourth-order valence-corrected chi connectivity index (χ4v) is 4.76. The maximum absolute atomic E-state index is 2.43. The first-order chi connectivity index (χ1) is 15.0. The molecule has 4 aromatic carbocycles. The lowest BCUT2D eigenvalue weighted by Gasteiger charge is -2.18. The van der Waals surface area contributed by atoms with Gasteiger partial charge in [-0.25, -0.2) is 0 Å². The topological polar surface area (TPSA) is 4.93 Å². The first-order valence-electron chi connectivity index (χ1n) is 11.1. The highest BCUT2D eigenvalue weighted by atomic mass is 15.0. The van der Waals surface area contributed by atoms with Gasteiger partial charge in [0.25, 0.3) is 0 Å². The van der Waals surface area contributed by atoms with Crippen molar-refractivity contribution in [3.05, 3.63) is 114 Å². The van der Waals surface area contributed by atoms with Gasteiger partial charge in [0.15, 0.2) is 0 Å². The first-order valence-corrected chi connectivity index (χ1v) is 11.1. The molecule has 0 saturated heterocycles. The highest BCUT2D eigenvalue weighted by molar-refractivity contribution is 6.10. The second-order valence-corrected chi connectivity index (χ2v) is 9.74. The van der Waals surface area contributed by atoms with Crippen LogP contribution < -0.4 is 0 Å². The third kappa shape index (κ3) is 3.88. The van der Waals surface area contributed by atoms with E-state index in [1.54, 1.807) is 0 Å². The van der Waals surface area contributed by atoms with Crippen molar-refractivity contribution in [3.8, 4) is 5.69 Å². The Labute approximate surface area is 185 Å². The van der Waals surface area contributed by atoms with Gasteiger partial charge in [0.2, 0.25) is 0 Å². The molecule has 0 atom stereocenters. The molecule has 0 amide bonds. The molecule has 5 aromatic rings. The lowest BCUT2D eigenvalue weighted by Crippen LogP contribution is -2.09. The van der Waals surface area contributed by atoms with Crippen molar-refractivity contribution in [3.63, 3.8) is 0 Å². The summed E-state index contributed by atoms with van der Waals surface area (Å²) in [5.74, 6) is 0. The lowest BCUT2D eigenvalue weighted by atomic mass is 9.87. The molecule has 0 spiro atoms. The molecule has 31 heavy (non-hydrogen) atoms. The maximum Gasteiger partial charge on any atom is 0.0576 e. The average Bonchev–Trinajstić information content (AvgIpc) is 3.09. The summed E-state index contributed by atoms with van der Waals surface area (Å²) in [5, 5.41) is 2.63. The fourth-order valence-electron chi connectivity index (χ4n) is 4.76. The Hall–Kier alpha value is -3.32. The zero-order valence-corrected chi connectivity index (χ0v) is 18.6. The highest BCUT2D eigenvalue weighted by Gasteiger charge is 2.16. The number of nitrogens with zero attached hydrogens (tertiary/aromatic N) is 1. The van der Waals surface area contributed by atoms with Crippen LogP contribution in [-0.4, -0.2) is 4.57 Å². The highest BCUT2D eigenvalue weighted by Crippen LogP contribution is 2.34. The Kier molecular flexibility index (Phi) is 4.90. The maximum atomic E-state index is 2.43. The molecule has 0 aliphatic carbocycles. The first kappa shape index (κ1) is 19.6. The molecule has 5 rings (SSSR count). The molecule has 154 valence electrons. The van der Waals surface area contributed by atoms with E-state index in [4.69, 9.17) is 0 Å². The fraction of sp³-hybridized carbons (Fsp3) is 0.200. The molecule has 0 aliphatic heterocycles. The third-order valence-electron chi connectivity index (χ3n) is 5.91. The van der Waals surface area contributed by atoms with Gasteiger partial charge in [-0.3, -0.25) is 0 Å². The van der Waals surface area contributed by atoms with Crippen LogP contribution in [0, 0.1) is 5.41 Å². The van der Waals surface area contributed by atoms with Gasteiger partial charge in [-0.05, 0) is 53.1 Å². The van der Waals surface area contributed by atoms with Gasteiger partial charge in [0.1, 0.15) is 0 Å². The summed E-state index contributed by atoms with van der Waals surface area (Å²) in [4.78, 5) is 0. The van der Waals surface area contributed by atoms with Crippen molar-refractivity contribution in [1.29, 1.82) is 0 Å². The van der Waals surface area contributed by atoms with E-state index < -0.39 is 0 Å². The van der Waals surface area contributed by atoms with Crippen molar-refractivity contribution in [1.82, 2.24) is 4.57 Å². The van der Waals surface area contributed by atoms with Crippen molar-refractivity contribution in [2.75, 3.05) is 0 Å². The van der Waals surface area contributed by atoms with E-state index in [2.05, 4.69) is 122 Å². The zero-order valence-electron chi connectivity index (χ0n) is 18.6. The number of benzene rings is 4. The molecule has 1 heterocycles. The molecule has 0 N–H and O–H groups in total. The predicted molar refractivity (Wildman–Crippen MR) is 133 cm³/mol. The molecule has 1 heteroatoms. The number of para-hydroxylation sites is 3. The van der Waals surface area contributed by atoms with E-state index in [9.17, 15) is 0 Å². The van der Waals surface area contributed by atoms with Crippen LogP contribution in [0.25, 0.3) is 27.5 Å². The quantitative estimate of drug-likeness (QED) is 0.287. The molecular weight excluding hydrogens is 374 g/mol. The van der Waals surface area contributed by atoms with Crippen molar-refractivity contribution in [2.24, 2.45) is 5.41 Å². The summed E-state index contributed by atoms with van der Waals surface area (Å²) in [5.41, 5.74) is 8.24. The standard InChI is InChI=1S/C30H29N/c1-30(2,3)21-23-12-9-11-22(19-23)20-24-13-10-17-27-26-16-7-8-18-28(26)31(29(24)27)25-14-5-4-6-15-25/h4-19H,20-21H2,1-3H3. The minimum Gasteiger partial charge on any atom is -0.309 e. The van der Waals surface area contributed by atoms with E-state index in [0.717, 1.165) is 12.8 Å². The molecule has 0 fully saturated rings. The van der Waals surface area contributed by atoms with Gasteiger partial charge < -0.3 is 4.57 Å². The molecule has 0 radical (unpaired) electrons. The largest absolute Gasteiger partial charge is 0.309 e. The molecule has 0 unspecified atom stereocenters. The van der Waals surface area contributed by atoms with Crippen molar-refractivity contribution < 1.29 is 0 Å². The average molecular weight is 404 g/mol. The van der Waals surface area contributed by atoms with Gasteiger partial charge in [-0.2, -0.15) is 0 Å². The van der Waals surface area contributed by atoms with Crippen LogP contribution in [0.15, 0.2) is 97.1 Å². The number of hydrogen-bond donors (Lipinski definition) is 0. The Morgan fingerprint density at radius 2 is 1.32 bits per heavy atom. The summed E-state index contributed by atoms with van der Waals surface area (Å²) in [7, 11) is 0. The number of rotatable bonds is 4. The SMILES string of the molecule is CC(C)(C)Cc1cccc(Cc2cccc3c4ccccc4n(-c4ccccc4)c23)c1. The predicted octanol–water partition coefficient (Wildman–Crippen LogP) is 7.96.